The van der Waals surface area contributed by atoms with Gasteiger partial charge in [0.1, 0.15) is 5.76 Å². The fraction of sp³-hybridized carbons (Fsp3) is 0.500. The minimum Gasteiger partial charge on any atom is -0.498 e. The maximum Gasteiger partial charge on any atom is 0.349 e. The van der Waals surface area contributed by atoms with E-state index in [4.69, 9.17) is 10.00 Å². The van der Waals surface area contributed by atoms with E-state index in [1.165, 1.54) is 12.3 Å². The monoisotopic (exact) mass is 169 g/mol. The summed E-state index contributed by atoms with van der Waals surface area (Å²) in [5, 5.41) is 7.99. The average Bonchev–Trinajstić information content (AvgIpc) is 2.04. The van der Waals surface area contributed by atoms with Crippen LogP contribution < -0.4 is 0 Å². The van der Waals surface area contributed by atoms with Crippen LogP contribution in [0.2, 0.25) is 0 Å². The molecule has 12 heavy (non-hydrogen) atoms. The van der Waals surface area contributed by atoms with Crippen LogP contribution in [0.15, 0.2) is 11.8 Å². The largest absolute Gasteiger partial charge is 0.498 e. The van der Waals surface area contributed by atoms with Crippen molar-refractivity contribution in [3.8, 4) is 6.26 Å². The van der Waals surface area contributed by atoms with E-state index in [1.807, 2.05) is 13.8 Å². The van der Waals surface area contributed by atoms with Gasteiger partial charge < -0.3 is 9.47 Å². The van der Waals surface area contributed by atoms with Crippen LogP contribution in [0.1, 0.15) is 20.3 Å². The summed E-state index contributed by atoms with van der Waals surface area (Å²) in [6.07, 6.45) is 3.07. The molecule has 0 aromatic rings. The first-order chi connectivity index (χ1) is 5.74. The van der Waals surface area contributed by atoms with Crippen molar-refractivity contribution in [1.29, 1.82) is 5.26 Å². The van der Waals surface area contributed by atoms with Gasteiger partial charge in [-0.05, 0) is 6.92 Å². The Hall–Kier alpha value is -1.50. The van der Waals surface area contributed by atoms with Crippen LogP contribution in [0.3, 0.4) is 0 Å². The van der Waals surface area contributed by atoms with Gasteiger partial charge in [-0.1, -0.05) is 6.92 Å². The molecule has 0 N–H and O–H groups in total. The Bertz CT molecular complexity index is 215. The third kappa shape index (κ3) is 4.34. The van der Waals surface area contributed by atoms with Gasteiger partial charge in [0.15, 0.2) is 0 Å². The van der Waals surface area contributed by atoms with Crippen LogP contribution in [0.5, 0.6) is 0 Å². The maximum atomic E-state index is 10.7. The van der Waals surface area contributed by atoms with Gasteiger partial charge in [-0.25, -0.2) is 4.79 Å². The summed E-state index contributed by atoms with van der Waals surface area (Å²) < 4.78 is 9.09. The van der Waals surface area contributed by atoms with Crippen molar-refractivity contribution < 1.29 is 14.3 Å². The van der Waals surface area contributed by atoms with E-state index >= 15 is 0 Å². The van der Waals surface area contributed by atoms with Crippen LogP contribution in [0.4, 0.5) is 0 Å². The molecule has 0 amide bonds. The van der Waals surface area contributed by atoms with Gasteiger partial charge in [0, 0.05) is 6.42 Å². The number of carbonyl (C=O) groups excluding carboxylic acids is 1. The molecular weight excluding hydrogens is 158 g/mol. The Balaban J connectivity index is 4.09. The predicted molar refractivity (Wildman–Crippen MR) is 41.7 cm³/mol. The van der Waals surface area contributed by atoms with Crippen LogP contribution in [0.25, 0.3) is 0 Å². The van der Waals surface area contributed by atoms with E-state index < -0.39 is 5.97 Å². The summed E-state index contributed by atoms with van der Waals surface area (Å²) in [5.41, 5.74) is 0. The molecule has 0 bridgehead atoms. The topological polar surface area (TPSA) is 59.3 Å². The molecule has 0 aliphatic rings. The Kier molecular flexibility index (Phi) is 5.45. The number of hydrogen-bond donors (Lipinski definition) is 0. The first-order valence-electron chi connectivity index (χ1n) is 3.67. The van der Waals surface area contributed by atoms with Gasteiger partial charge in [-0.3, -0.25) is 0 Å². The fourth-order valence-corrected chi connectivity index (χ4v) is 0.637. The minimum atomic E-state index is -0.692. The second-order valence-electron chi connectivity index (χ2n) is 1.91. The Morgan fingerprint density at radius 3 is 2.67 bits per heavy atom. The highest BCUT2D eigenvalue weighted by molar-refractivity contribution is 5.83. The van der Waals surface area contributed by atoms with Crippen molar-refractivity contribution in [3.05, 3.63) is 11.8 Å². The number of nitrogens with zero attached hydrogens (tertiary/aromatic N) is 1. The minimum absolute atomic E-state index is 0.500. The molecule has 0 aromatic carbocycles. The quantitative estimate of drug-likeness (QED) is 0.276. The highest BCUT2D eigenvalue weighted by Gasteiger charge is 2.00. The smallest absolute Gasteiger partial charge is 0.349 e. The molecule has 0 saturated carbocycles. The molecule has 0 aliphatic heterocycles. The lowest BCUT2D eigenvalue weighted by Gasteiger charge is -2.03. The highest BCUT2D eigenvalue weighted by atomic mass is 16.5. The van der Waals surface area contributed by atoms with Crippen LogP contribution in [-0.2, 0) is 14.3 Å². The van der Waals surface area contributed by atoms with Gasteiger partial charge in [-0.2, -0.15) is 0 Å². The van der Waals surface area contributed by atoms with Gasteiger partial charge in [0.05, 0.1) is 12.7 Å². The number of hydrogen-bond acceptors (Lipinski definition) is 4. The molecule has 4 nitrogen and oxygen atoms in total. The van der Waals surface area contributed by atoms with Crippen molar-refractivity contribution in [2.75, 3.05) is 6.61 Å². The number of rotatable bonds is 4. The predicted octanol–water partition coefficient (Wildman–Crippen LogP) is 1.34. The van der Waals surface area contributed by atoms with E-state index in [9.17, 15) is 4.79 Å². The van der Waals surface area contributed by atoms with Crippen molar-refractivity contribution in [1.82, 2.24) is 0 Å². The lowest BCUT2D eigenvalue weighted by molar-refractivity contribution is -0.131. The van der Waals surface area contributed by atoms with E-state index in [0.29, 0.717) is 18.8 Å². The van der Waals surface area contributed by atoms with Crippen molar-refractivity contribution in [3.63, 3.8) is 0 Å². The second kappa shape index (κ2) is 6.23. The van der Waals surface area contributed by atoms with Gasteiger partial charge in [0.2, 0.25) is 0 Å². The molecule has 0 fully saturated rings. The lowest BCUT2D eigenvalue weighted by Crippen LogP contribution is -1.99. The average molecular weight is 169 g/mol. The summed E-state index contributed by atoms with van der Waals surface area (Å²) in [5.74, 6) is -0.166. The fourth-order valence-electron chi connectivity index (χ4n) is 0.637. The molecule has 0 radical (unpaired) electrons. The summed E-state index contributed by atoms with van der Waals surface area (Å²) in [6.45, 7) is 4.17. The summed E-state index contributed by atoms with van der Waals surface area (Å²) in [6, 6.07) is 0. The molecular formula is C8H11NO3. The van der Waals surface area contributed by atoms with Crippen molar-refractivity contribution in [2.45, 2.75) is 20.3 Å². The SMILES string of the molecule is CCOC(=CC(=O)OC#N)CC. The van der Waals surface area contributed by atoms with E-state index in [1.54, 1.807) is 0 Å². The number of esters is 1. The number of carbonyl (C=O) groups is 1. The van der Waals surface area contributed by atoms with Crippen molar-refractivity contribution >= 4 is 5.97 Å². The normalized spacial score (nSPS) is 10.2. The molecule has 4 heteroatoms. The standard InChI is InChI=1S/C8H11NO3/c1-3-7(11-4-2)5-8(10)12-6-9/h5H,3-4H2,1-2H3. The van der Waals surface area contributed by atoms with E-state index in [2.05, 4.69) is 4.74 Å². The number of nitriles is 1. The molecule has 0 saturated heterocycles. The van der Waals surface area contributed by atoms with Crippen LogP contribution in [0, 0.1) is 11.5 Å². The molecule has 0 unspecified atom stereocenters. The highest BCUT2D eigenvalue weighted by Crippen LogP contribution is 2.02. The number of allylic oxidation sites excluding steroid dienone is 1. The third-order valence-corrected chi connectivity index (χ3v) is 1.10. The lowest BCUT2D eigenvalue weighted by atomic mass is 10.3. The van der Waals surface area contributed by atoms with E-state index in [0.717, 1.165) is 0 Å². The zero-order chi connectivity index (χ0) is 9.40. The Labute approximate surface area is 71.4 Å². The van der Waals surface area contributed by atoms with Gasteiger partial charge in [0.25, 0.3) is 6.26 Å². The zero-order valence-electron chi connectivity index (χ0n) is 7.16. The molecule has 0 atom stereocenters. The molecule has 0 aromatic heterocycles. The number of ether oxygens (including phenoxy) is 2. The molecule has 0 spiro atoms. The first kappa shape index (κ1) is 10.5. The van der Waals surface area contributed by atoms with Crippen molar-refractivity contribution in [2.24, 2.45) is 0 Å². The summed E-state index contributed by atoms with van der Waals surface area (Å²) in [4.78, 5) is 10.7. The molecule has 0 aliphatic carbocycles. The third-order valence-electron chi connectivity index (χ3n) is 1.10. The molecule has 0 heterocycles. The Morgan fingerprint density at radius 1 is 1.58 bits per heavy atom. The first-order valence-corrected chi connectivity index (χ1v) is 3.67. The zero-order valence-corrected chi connectivity index (χ0v) is 7.16. The molecule has 66 valence electrons. The van der Waals surface area contributed by atoms with Gasteiger partial charge in [-0.15, -0.1) is 5.26 Å². The summed E-state index contributed by atoms with van der Waals surface area (Å²) >= 11 is 0. The molecule has 0 rings (SSSR count). The maximum absolute atomic E-state index is 10.7. The second-order valence-corrected chi connectivity index (χ2v) is 1.91. The van der Waals surface area contributed by atoms with Crippen LogP contribution >= 0.6 is 0 Å². The van der Waals surface area contributed by atoms with Crippen LogP contribution in [-0.4, -0.2) is 12.6 Å². The Morgan fingerprint density at radius 2 is 2.25 bits per heavy atom. The summed E-state index contributed by atoms with van der Waals surface area (Å²) in [7, 11) is 0. The van der Waals surface area contributed by atoms with E-state index in [-0.39, 0.29) is 0 Å². The van der Waals surface area contributed by atoms with Gasteiger partial charge >= 0.3 is 5.97 Å².